The van der Waals surface area contributed by atoms with Gasteiger partial charge in [-0.3, -0.25) is 9.52 Å². The molecule has 0 heterocycles. The van der Waals surface area contributed by atoms with E-state index in [9.17, 15) is 13.2 Å². The fourth-order valence-electron chi connectivity index (χ4n) is 2.21. The summed E-state index contributed by atoms with van der Waals surface area (Å²) in [4.78, 5) is 11.9. The first-order valence-electron chi connectivity index (χ1n) is 5.62. The molecule has 0 unspecified atom stereocenters. The molecule has 0 saturated heterocycles. The second-order valence-corrected chi connectivity index (χ2v) is 6.35. The molecule has 1 aliphatic rings. The lowest BCUT2D eigenvalue weighted by molar-refractivity contribution is -0.129. The Bertz CT molecular complexity index is 343. The molecule has 0 aliphatic heterocycles. The molecule has 0 aromatic carbocycles. The third-order valence-corrected chi connectivity index (χ3v) is 3.77. The Kier molecular flexibility index (Phi) is 4.32. The zero-order valence-electron chi connectivity index (χ0n) is 9.66. The Morgan fingerprint density at radius 1 is 1.25 bits per heavy atom. The number of carbonyl (C=O) groups is 1. The first kappa shape index (κ1) is 13.4. The minimum Gasteiger partial charge on any atom is -0.329 e. The second kappa shape index (κ2) is 5.14. The molecule has 0 aromatic heterocycles. The zero-order valence-corrected chi connectivity index (χ0v) is 10.5. The van der Waals surface area contributed by atoms with Crippen molar-refractivity contribution in [2.45, 2.75) is 38.5 Å². The van der Waals surface area contributed by atoms with Crippen molar-refractivity contribution in [2.75, 3.05) is 12.8 Å². The maximum Gasteiger partial charge on any atom is 0.240 e. The molecule has 1 aliphatic carbocycles. The fourth-order valence-corrected chi connectivity index (χ4v) is 2.76. The molecule has 94 valence electrons. The molecule has 16 heavy (non-hydrogen) atoms. The maximum atomic E-state index is 11.9. The van der Waals surface area contributed by atoms with Crippen LogP contribution in [0.5, 0.6) is 0 Å². The number of hydrogen-bond acceptors (Lipinski definition) is 4. The second-order valence-electron chi connectivity index (χ2n) is 4.60. The van der Waals surface area contributed by atoms with Crippen molar-refractivity contribution >= 4 is 15.9 Å². The summed E-state index contributed by atoms with van der Waals surface area (Å²) in [6, 6.07) is 0. The van der Waals surface area contributed by atoms with E-state index < -0.39 is 21.3 Å². The van der Waals surface area contributed by atoms with E-state index in [0.29, 0.717) is 12.8 Å². The predicted molar refractivity (Wildman–Crippen MR) is 62.2 cm³/mol. The lowest BCUT2D eigenvalue weighted by Gasteiger charge is -2.29. The van der Waals surface area contributed by atoms with E-state index in [2.05, 4.69) is 4.72 Å². The van der Waals surface area contributed by atoms with Crippen LogP contribution in [0.4, 0.5) is 0 Å². The van der Waals surface area contributed by atoms with Crippen molar-refractivity contribution in [3.8, 4) is 0 Å². The van der Waals surface area contributed by atoms with Crippen LogP contribution in [-0.2, 0) is 14.8 Å². The van der Waals surface area contributed by atoms with Crippen LogP contribution >= 0.6 is 0 Å². The van der Waals surface area contributed by atoms with Crippen molar-refractivity contribution in [1.29, 1.82) is 0 Å². The average Bonchev–Trinajstić information content (AvgIpc) is 2.40. The van der Waals surface area contributed by atoms with E-state index in [1.807, 2.05) is 0 Å². The zero-order chi connectivity index (χ0) is 12.2. The highest BCUT2D eigenvalue weighted by Gasteiger charge is 2.38. The fraction of sp³-hybridized carbons (Fsp3) is 0.900. The van der Waals surface area contributed by atoms with Gasteiger partial charge in [0.05, 0.1) is 11.7 Å². The Labute approximate surface area is 96.8 Å². The lowest BCUT2D eigenvalue weighted by atomic mass is 9.80. The summed E-state index contributed by atoms with van der Waals surface area (Å²) in [6.45, 7) is 0.217. The maximum absolute atomic E-state index is 11.9. The summed E-state index contributed by atoms with van der Waals surface area (Å²) in [5.74, 6) is -0.431. The van der Waals surface area contributed by atoms with Crippen LogP contribution in [0.1, 0.15) is 38.5 Å². The molecule has 1 saturated carbocycles. The van der Waals surface area contributed by atoms with Crippen molar-refractivity contribution in [1.82, 2.24) is 4.72 Å². The van der Waals surface area contributed by atoms with Crippen molar-refractivity contribution < 1.29 is 13.2 Å². The highest BCUT2D eigenvalue weighted by Crippen LogP contribution is 2.34. The van der Waals surface area contributed by atoms with Crippen LogP contribution in [0.15, 0.2) is 0 Å². The first-order valence-corrected chi connectivity index (χ1v) is 7.51. The summed E-state index contributed by atoms with van der Waals surface area (Å²) < 4.78 is 24.2. The largest absolute Gasteiger partial charge is 0.329 e. The van der Waals surface area contributed by atoms with Crippen molar-refractivity contribution in [3.63, 3.8) is 0 Å². The van der Waals surface area contributed by atoms with Crippen LogP contribution in [0.25, 0.3) is 0 Å². The minimum atomic E-state index is -3.49. The molecule has 0 atom stereocenters. The summed E-state index contributed by atoms with van der Waals surface area (Å²) in [6.07, 6.45) is 6.42. The summed E-state index contributed by atoms with van der Waals surface area (Å²) in [5.41, 5.74) is 4.99. The van der Waals surface area contributed by atoms with E-state index in [4.69, 9.17) is 5.73 Å². The molecule has 0 bridgehead atoms. The average molecular weight is 248 g/mol. The number of hydrogen-bond donors (Lipinski definition) is 2. The van der Waals surface area contributed by atoms with E-state index in [1.54, 1.807) is 0 Å². The number of carbonyl (C=O) groups excluding carboxylic acids is 1. The number of sulfonamides is 1. The summed E-state index contributed by atoms with van der Waals surface area (Å²) in [7, 11) is -3.49. The Morgan fingerprint density at radius 3 is 2.12 bits per heavy atom. The quantitative estimate of drug-likeness (QED) is 0.706. The van der Waals surface area contributed by atoms with Crippen LogP contribution in [-0.4, -0.2) is 27.1 Å². The minimum absolute atomic E-state index is 0.217. The molecule has 0 spiro atoms. The van der Waals surface area contributed by atoms with E-state index in [-0.39, 0.29) is 6.54 Å². The SMILES string of the molecule is CS(=O)(=O)NC(=O)C1(CN)CCCCCC1. The van der Waals surface area contributed by atoms with Gasteiger partial charge in [-0.15, -0.1) is 0 Å². The van der Waals surface area contributed by atoms with Gasteiger partial charge < -0.3 is 5.73 Å². The smallest absolute Gasteiger partial charge is 0.240 e. The molecule has 1 amide bonds. The van der Waals surface area contributed by atoms with Gasteiger partial charge in [-0.2, -0.15) is 0 Å². The molecule has 5 nitrogen and oxygen atoms in total. The van der Waals surface area contributed by atoms with Gasteiger partial charge in [0.15, 0.2) is 0 Å². The predicted octanol–water partition coefficient (Wildman–Crippen LogP) is 0.361. The standard InChI is InChI=1S/C10H20N2O3S/c1-16(14,15)12-9(13)10(8-11)6-4-2-3-5-7-10/h2-8,11H2,1H3,(H,12,13). The Balaban J connectivity index is 2.81. The number of nitrogens with one attached hydrogen (secondary N) is 1. The summed E-state index contributed by atoms with van der Waals surface area (Å²) >= 11 is 0. The molecular formula is C10H20N2O3S. The van der Waals surface area contributed by atoms with Gasteiger partial charge in [-0.25, -0.2) is 8.42 Å². The van der Waals surface area contributed by atoms with Gasteiger partial charge >= 0.3 is 0 Å². The highest BCUT2D eigenvalue weighted by molar-refractivity contribution is 7.89. The molecule has 1 fully saturated rings. The Hall–Kier alpha value is -0.620. The van der Waals surface area contributed by atoms with Gasteiger partial charge in [0.25, 0.3) is 0 Å². The third kappa shape index (κ3) is 3.45. The molecule has 1 rings (SSSR count). The lowest BCUT2D eigenvalue weighted by Crippen LogP contribution is -2.47. The van der Waals surface area contributed by atoms with Gasteiger partial charge in [-0.1, -0.05) is 25.7 Å². The van der Waals surface area contributed by atoms with Gasteiger partial charge in [0.2, 0.25) is 15.9 Å². The third-order valence-electron chi connectivity index (χ3n) is 3.21. The van der Waals surface area contributed by atoms with E-state index in [0.717, 1.165) is 31.9 Å². The topological polar surface area (TPSA) is 89.3 Å². The molecule has 0 aromatic rings. The van der Waals surface area contributed by atoms with Crippen LogP contribution in [0.3, 0.4) is 0 Å². The van der Waals surface area contributed by atoms with Crippen LogP contribution in [0.2, 0.25) is 0 Å². The number of amides is 1. The van der Waals surface area contributed by atoms with Crippen LogP contribution in [0, 0.1) is 5.41 Å². The molecule has 6 heteroatoms. The number of nitrogens with two attached hydrogens (primary N) is 1. The Morgan fingerprint density at radius 2 is 1.75 bits per heavy atom. The van der Waals surface area contributed by atoms with E-state index >= 15 is 0 Å². The summed E-state index contributed by atoms with van der Waals surface area (Å²) in [5, 5.41) is 0. The van der Waals surface area contributed by atoms with Crippen LogP contribution < -0.4 is 10.5 Å². The van der Waals surface area contributed by atoms with Crippen molar-refractivity contribution in [3.05, 3.63) is 0 Å². The monoisotopic (exact) mass is 248 g/mol. The van der Waals surface area contributed by atoms with Gasteiger partial charge in [0, 0.05) is 6.54 Å². The molecule has 0 radical (unpaired) electrons. The van der Waals surface area contributed by atoms with Gasteiger partial charge in [0.1, 0.15) is 0 Å². The molecule has 3 N–H and O–H groups in total. The van der Waals surface area contributed by atoms with E-state index in [1.165, 1.54) is 0 Å². The molecular weight excluding hydrogens is 228 g/mol. The normalized spacial score (nSPS) is 21.1. The van der Waals surface area contributed by atoms with Gasteiger partial charge in [-0.05, 0) is 12.8 Å². The highest BCUT2D eigenvalue weighted by atomic mass is 32.2. The van der Waals surface area contributed by atoms with Crippen molar-refractivity contribution in [2.24, 2.45) is 11.1 Å². The first-order chi connectivity index (χ1) is 7.40. The number of rotatable bonds is 3.